The van der Waals surface area contributed by atoms with E-state index >= 15 is 0 Å². The lowest BCUT2D eigenvalue weighted by Gasteiger charge is -2.23. The second kappa shape index (κ2) is 4.91. The summed E-state index contributed by atoms with van der Waals surface area (Å²) >= 11 is 0. The highest BCUT2D eigenvalue weighted by Gasteiger charge is 2.20. The minimum absolute atomic E-state index is 0.108. The molecule has 1 rings (SSSR count). The normalized spacial score (nSPS) is 10.7. The predicted octanol–water partition coefficient (Wildman–Crippen LogP) is 1.24. The van der Waals surface area contributed by atoms with E-state index in [0.717, 1.165) is 12.2 Å². The fraction of sp³-hybridized carbons (Fsp3) is 0.700. The molecule has 5 heteroatoms. The van der Waals surface area contributed by atoms with E-state index in [1.54, 1.807) is 4.90 Å². The zero-order valence-corrected chi connectivity index (χ0v) is 9.74. The Morgan fingerprint density at radius 2 is 2.13 bits per heavy atom. The van der Waals surface area contributed by atoms with Crippen LogP contribution in [0.4, 0.5) is 0 Å². The molecular formula is C10H18N4O. The number of hydrogen-bond donors (Lipinski definition) is 1. The number of carbonyl (C=O) groups excluding carboxylic acids is 1. The van der Waals surface area contributed by atoms with Gasteiger partial charge in [-0.25, -0.2) is 4.98 Å². The summed E-state index contributed by atoms with van der Waals surface area (Å²) in [7, 11) is 0. The van der Waals surface area contributed by atoms with Crippen LogP contribution in [0.1, 0.15) is 44.1 Å². The summed E-state index contributed by atoms with van der Waals surface area (Å²) in [5, 5.41) is 6.66. The van der Waals surface area contributed by atoms with Crippen molar-refractivity contribution >= 4 is 5.91 Å². The van der Waals surface area contributed by atoms with Crippen LogP contribution in [-0.4, -0.2) is 38.6 Å². The van der Waals surface area contributed by atoms with Gasteiger partial charge in [0.25, 0.3) is 5.91 Å². The fourth-order valence-electron chi connectivity index (χ4n) is 1.42. The summed E-state index contributed by atoms with van der Waals surface area (Å²) < 4.78 is 0. The summed E-state index contributed by atoms with van der Waals surface area (Å²) in [4.78, 5) is 17.8. The number of H-pyrrole nitrogens is 1. The Bertz CT molecular complexity index is 332. The molecule has 0 unspecified atom stereocenters. The Morgan fingerprint density at radius 1 is 1.47 bits per heavy atom. The Hall–Kier alpha value is -1.39. The van der Waals surface area contributed by atoms with Crippen molar-refractivity contribution < 1.29 is 4.79 Å². The number of aromatic nitrogens is 3. The highest BCUT2D eigenvalue weighted by atomic mass is 16.2. The summed E-state index contributed by atoms with van der Waals surface area (Å²) in [5.41, 5.74) is 0. The number of aromatic amines is 1. The molecule has 0 aliphatic rings. The van der Waals surface area contributed by atoms with Crippen LogP contribution in [0, 0.1) is 0 Å². The van der Waals surface area contributed by atoms with Crippen molar-refractivity contribution in [3.8, 4) is 0 Å². The molecule has 1 heterocycles. The van der Waals surface area contributed by atoms with Gasteiger partial charge in [-0.1, -0.05) is 6.92 Å². The van der Waals surface area contributed by atoms with E-state index in [1.165, 1.54) is 0 Å². The second-order valence-corrected chi connectivity index (χ2v) is 3.64. The molecule has 0 saturated heterocycles. The van der Waals surface area contributed by atoms with Gasteiger partial charge in [-0.05, 0) is 20.8 Å². The van der Waals surface area contributed by atoms with E-state index in [1.807, 2.05) is 27.7 Å². The number of aryl methyl sites for hydroxylation is 1. The number of rotatable bonds is 4. The van der Waals surface area contributed by atoms with E-state index in [2.05, 4.69) is 15.2 Å². The number of hydrogen-bond acceptors (Lipinski definition) is 3. The Morgan fingerprint density at radius 3 is 2.53 bits per heavy atom. The lowest BCUT2D eigenvalue weighted by Crippen LogP contribution is -2.37. The number of carbonyl (C=O) groups is 1. The molecule has 1 N–H and O–H groups in total. The lowest BCUT2D eigenvalue weighted by atomic mass is 10.3. The second-order valence-electron chi connectivity index (χ2n) is 3.64. The molecule has 84 valence electrons. The Labute approximate surface area is 89.9 Å². The van der Waals surface area contributed by atoms with Gasteiger partial charge in [0.05, 0.1) is 0 Å². The zero-order chi connectivity index (χ0) is 11.4. The van der Waals surface area contributed by atoms with Crippen LogP contribution < -0.4 is 0 Å². The van der Waals surface area contributed by atoms with Crippen molar-refractivity contribution in [2.75, 3.05) is 6.54 Å². The molecule has 0 saturated carbocycles. The molecular weight excluding hydrogens is 192 g/mol. The average Bonchev–Trinajstić information content (AvgIpc) is 2.66. The predicted molar refractivity (Wildman–Crippen MR) is 57.6 cm³/mol. The third kappa shape index (κ3) is 2.55. The number of nitrogens with zero attached hydrogens (tertiary/aromatic N) is 3. The van der Waals surface area contributed by atoms with Crippen LogP contribution in [-0.2, 0) is 6.42 Å². The quantitative estimate of drug-likeness (QED) is 0.813. The van der Waals surface area contributed by atoms with Crippen molar-refractivity contribution in [1.29, 1.82) is 0 Å². The minimum Gasteiger partial charge on any atom is -0.334 e. The van der Waals surface area contributed by atoms with Crippen LogP contribution in [0.5, 0.6) is 0 Å². The third-order valence-corrected chi connectivity index (χ3v) is 2.28. The van der Waals surface area contributed by atoms with Crippen molar-refractivity contribution in [1.82, 2.24) is 20.1 Å². The number of nitrogens with one attached hydrogen (secondary N) is 1. The van der Waals surface area contributed by atoms with Gasteiger partial charge < -0.3 is 4.90 Å². The smallest absolute Gasteiger partial charge is 0.293 e. The van der Waals surface area contributed by atoms with Gasteiger partial charge in [0, 0.05) is 19.0 Å². The first-order valence-electron chi connectivity index (χ1n) is 5.32. The van der Waals surface area contributed by atoms with Crippen LogP contribution >= 0.6 is 0 Å². The highest BCUT2D eigenvalue weighted by Crippen LogP contribution is 2.04. The van der Waals surface area contributed by atoms with Gasteiger partial charge in [0.15, 0.2) is 0 Å². The maximum absolute atomic E-state index is 11.9. The molecule has 0 bridgehead atoms. The lowest BCUT2D eigenvalue weighted by molar-refractivity contribution is 0.0704. The van der Waals surface area contributed by atoms with E-state index in [-0.39, 0.29) is 17.8 Å². The molecule has 0 aromatic carbocycles. The van der Waals surface area contributed by atoms with E-state index in [9.17, 15) is 4.79 Å². The standard InChI is InChI=1S/C10H18N4O/c1-5-8-11-9(13-12-8)10(15)14(6-2)7(3)4/h7H,5-6H2,1-4H3,(H,11,12,13). The first-order valence-corrected chi connectivity index (χ1v) is 5.32. The molecule has 0 atom stereocenters. The van der Waals surface area contributed by atoms with E-state index in [0.29, 0.717) is 6.54 Å². The molecule has 5 nitrogen and oxygen atoms in total. The average molecular weight is 210 g/mol. The van der Waals surface area contributed by atoms with Crippen molar-refractivity contribution in [2.24, 2.45) is 0 Å². The molecule has 0 aliphatic heterocycles. The molecule has 1 aromatic rings. The van der Waals surface area contributed by atoms with Crippen LogP contribution in [0.3, 0.4) is 0 Å². The third-order valence-electron chi connectivity index (χ3n) is 2.28. The molecule has 0 spiro atoms. The minimum atomic E-state index is -0.108. The maximum Gasteiger partial charge on any atom is 0.293 e. The van der Waals surface area contributed by atoms with Crippen LogP contribution in [0.2, 0.25) is 0 Å². The molecule has 15 heavy (non-hydrogen) atoms. The van der Waals surface area contributed by atoms with Gasteiger partial charge in [-0.2, -0.15) is 0 Å². The maximum atomic E-state index is 11.9. The van der Waals surface area contributed by atoms with Gasteiger partial charge in [0.1, 0.15) is 5.82 Å². The summed E-state index contributed by atoms with van der Waals surface area (Å²) in [6, 6.07) is 0.172. The Kier molecular flexibility index (Phi) is 3.82. The molecule has 1 amide bonds. The van der Waals surface area contributed by atoms with Crippen molar-refractivity contribution in [2.45, 2.75) is 40.2 Å². The van der Waals surface area contributed by atoms with Crippen LogP contribution in [0.25, 0.3) is 0 Å². The van der Waals surface area contributed by atoms with E-state index < -0.39 is 0 Å². The topological polar surface area (TPSA) is 61.9 Å². The van der Waals surface area contributed by atoms with Gasteiger partial charge in [-0.15, -0.1) is 5.10 Å². The number of amides is 1. The molecule has 0 fully saturated rings. The van der Waals surface area contributed by atoms with Crippen molar-refractivity contribution in [3.63, 3.8) is 0 Å². The first-order chi connectivity index (χ1) is 7.10. The van der Waals surface area contributed by atoms with E-state index in [4.69, 9.17) is 0 Å². The molecule has 0 aliphatic carbocycles. The highest BCUT2D eigenvalue weighted by molar-refractivity contribution is 5.90. The van der Waals surface area contributed by atoms with Crippen LogP contribution in [0.15, 0.2) is 0 Å². The zero-order valence-electron chi connectivity index (χ0n) is 9.74. The monoisotopic (exact) mass is 210 g/mol. The van der Waals surface area contributed by atoms with Crippen molar-refractivity contribution in [3.05, 3.63) is 11.6 Å². The SMILES string of the molecule is CCc1nc(C(=O)N(CC)C(C)C)n[nH]1. The summed E-state index contributed by atoms with van der Waals surface area (Å²) in [6.45, 7) is 8.55. The van der Waals surface area contributed by atoms with Gasteiger partial charge in [0.2, 0.25) is 5.82 Å². The summed E-state index contributed by atoms with van der Waals surface area (Å²) in [6.07, 6.45) is 0.758. The molecule has 1 aromatic heterocycles. The fourth-order valence-corrected chi connectivity index (χ4v) is 1.42. The van der Waals surface area contributed by atoms with Gasteiger partial charge in [-0.3, -0.25) is 9.89 Å². The first kappa shape index (κ1) is 11.7. The largest absolute Gasteiger partial charge is 0.334 e. The molecule has 0 radical (unpaired) electrons. The van der Waals surface area contributed by atoms with Gasteiger partial charge >= 0.3 is 0 Å². The Balaban J connectivity index is 2.83. The summed E-state index contributed by atoms with van der Waals surface area (Å²) in [5.74, 6) is 0.906.